The standard InChI is InChI=1S/C20H13ClF2N2S/c1-11-25-20-16(26-11)9-14(7-12-5-6-17(22)24-10-12)19(23)18(20)13-3-2-4-15(21)8-13/h2-6,8-10H,7H2,1H3. The predicted octanol–water partition coefficient (Wildman–Crippen LogP) is 6.19. The summed E-state index contributed by atoms with van der Waals surface area (Å²) in [6.45, 7) is 1.90. The molecule has 0 aliphatic rings. The summed E-state index contributed by atoms with van der Waals surface area (Å²) >= 11 is 7.62. The van der Waals surface area contributed by atoms with Gasteiger partial charge in [0, 0.05) is 23.2 Å². The van der Waals surface area contributed by atoms with Gasteiger partial charge in [-0.2, -0.15) is 4.39 Å². The Hall–Kier alpha value is -2.37. The summed E-state index contributed by atoms with van der Waals surface area (Å²) in [5.41, 5.74) is 3.02. The number of hydrogen-bond acceptors (Lipinski definition) is 3. The Morgan fingerprint density at radius 1 is 1.12 bits per heavy atom. The molecule has 26 heavy (non-hydrogen) atoms. The first-order valence-corrected chi connectivity index (χ1v) is 9.15. The van der Waals surface area contributed by atoms with Crippen molar-refractivity contribution in [3.05, 3.63) is 81.6 Å². The van der Waals surface area contributed by atoms with E-state index in [1.807, 2.05) is 19.1 Å². The summed E-state index contributed by atoms with van der Waals surface area (Å²) in [6.07, 6.45) is 1.75. The van der Waals surface area contributed by atoms with Gasteiger partial charge in [0.05, 0.1) is 15.2 Å². The van der Waals surface area contributed by atoms with Gasteiger partial charge >= 0.3 is 0 Å². The van der Waals surface area contributed by atoms with E-state index in [1.54, 1.807) is 24.3 Å². The van der Waals surface area contributed by atoms with Crippen molar-refractivity contribution in [2.75, 3.05) is 0 Å². The van der Waals surface area contributed by atoms with Crippen LogP contribution in [0.5, 0.6) is 0 Å². The molecular formula is C20H13ClF2N2S. The number of pyridine rings is 1. The topological polar surface area (TPSA) is 25.8 Å². The fourth-order valence-corrected chi connectivity index (χ4v) is 4.06. The average molecular weight is 387 g/mol. The predicted molar refractivity (Wildman–Crippen MR) is 102 cm³/mol. The van der Waals surface area contributed by atoms with Crippen molar-refractivity contribution in [1.29, 1.82) is 0 Å². The van der Waals surface area contributed by atoms with E-state index in [9.17, 15) is 4.39 Å². The smallest absolute Gasteiger partial charge is 0.212 e. The zero-order chi connectivity index (χ0) is 18.3. The summed E-state index contributed by atoms with van der Waals surface area (Å²) in [5.74, 6) is -0.892. The van der Waals surface area contributed by atoms with E-state index < -0.39 is 5.95 Å². The second kappa shape index (κ2) is 6.74. The average Bonchev–Trinajstić information content (AvgIpc) is 2.97. The molecule has 130 valence electrons. The molecule has 4 rings (SSSR count). The second-order valence-corrected chi connectivity index (χ2v) is 7.65. The molecule has 2 nitrogen and oxygen atoms in total. The number of fused-ring (bicyclic) bond motifs is 1. The molecule has 2 aromatic carbocycles. The van der Waals surface area contributed by atoms with Crippen LogP contribution in [0.25, 0.3) is 21.3 Å². The lowest BCUT2D eigenvalue weighted by Crippen LogP contribution is -1.98. The molecule has 0 radical (unpaired) electrons. The van der Waals surface area contributed by atoms with Gasteiger partial charge in [-0.05, 0) is 47.9 Å². The van der Waals surface area contributed by atoms with Gasteiger partial charge in [0.25, 0.3) is 0 Å². The molecule has 0 spiro atoms. The third kappa shape index (κ3) is 3.20. The van der Waals surface area contributed by atoms with E-state index in [0.29, 0.717) is 33.7 Å². The molecule has 0 aliphatic carbocycles. The van der Waals surface area contributed by atoms with E-state index in [1.165, 1.54) is 23.6 Å². The summed E-state index contributed by atoms with van der Waals surface area (Å²) in [7, 11) is 0. The number of aromatic nitrogens is 2. The van der Waals surface area contributed by atoms with Crippen molar-refractivity contribution in [1.82, 2.24) is 9.97 Å². The Balaban J connectivity index is 1.91. The third-order valence-electron chi connectivity index (χ3n) is 4.10. The zero-order valence-electron chi connectivity index (χ0n) is 13.8. The van der Waals surface area contributed by atoms with E-state index in [0.717, 1.165) is 15.3 Å². The number of rotatable bonds is 3. The molecule has 4 aromatic rings. The first-order chi connectivity index (χ1) is 12.5. The minimum absolute atomic E-state index is 0.319. The van der Waals surface area contributed by atoms with Gasteiger partial charge in [-0.25, -0.2) is 14.4 Å². The summed E-state index contributed by atoms with van der Waals surface area (Å²) in [6, 6.07) is 11.8. The maximum Gasteiger partial charge on any atom is 0.212 e. The molecular weight excluding hydrogens is 374 g/mol. The van der Waals surface area contributed by atoms with E-state index in [-0.39, 0.29) is 5.82 Å². The van der Waals surface area contributed by atoms with Crippen LogP contribution in [-0.4, -0.2) is 9.97 Å². The van der Waals surface area contributed by atoms with Crippen molar-refractivity contribution < 1.29 is 8.78 Å². The SMILES string of the molecule is Cc1nc2c(-c3cccc(Cl)c3)c(F)c(Cc3ccc(F)nc3)cc2s1. The molecule has 0 fully saturated rings. The van der Waals surface area contributed by atoms with Gasteiger partial charge < -0.3 is 0 Å². The molecule has 0 saturated carbocycles. The van der Waals surface area contributed by atoms with Crippen LogP contribution in [0.15, 0.2) is 48.7 Å². The molecule has 0 aliphatic heterocycles. The molecule has 0 bridgehead atoms. The molecule has 0 unspecified atom stereocenters. The largest absolute Gasteiger partial charge is 0.241 e. The van der Waals surface area contributed by atoms with Crippen LogP contribution in [0.2, 0.25) is 5.02 Å². The number of thiazole rings is 1. The lowest BCUT2D eigenvalue weighted by atomic mass is 9.97. The number of benzene rings is 2. The monoisotopic (exact) mass is 386 g/mol. The highest BCUT2D eigenvalue weighted by molar-refractivity contribution is 7.18. The molecule has 0 N–H and O–H groups in total. The van der Waals surface area contributed by atoms with Crippen molar-refractivity contribution in [2.45, 2.75) is 13.3 Å². The van der Waals surface area contributed by atoms with Crippen LogP contribution in [-0.2, 0) is 6.42 Å². The lowest BCUT2D eigenvalue weighted by Gasteiger charge is -2.11. The molecule has 0 saturated heterocycles. The van der Waals surface area contributed by atoms with Gasteiger partial charge in [0.2, 0.25) is 5.95 Å². The lowest BCUT2D eigenvalue weighted by molar-refractivity contribution is 0.582. The molecule has 0 atom stereocenters. The highest BCUT2D eigenvalue weighted by Gasteiger charge is 2.18. The van der Waals surface area contributed by atoms with Crippen LogP contribution < -0.4 is 0 Å². The van der Waals surface area contributed by atoms with E-state index >= 15 is 4.39 Å². The van der Waals surface area contributed by atoms with Crippen LogP contribution in [0.4, 0.5) is 8.78 Å². The number of aryl methyl sites for hydroxylation is 1. The molecule has 2 aromatic heterocycles. The Kier molecular flexibility index (Phi) is 4.42. The highest BCUT2D eigenvalue weighted by atomic mass is 35.5. The molecule has 0 amide bonds. The number of nitrogens with zero attached hydrogens (tertiary/aromatic N) is 2. The van der Waals surface area contributed by atoms with Gasteiger partial charge in [0.1, 0.15) is 5.82 Å². The van der Waals surface area contributed by atoms with Crippen LogP contribution in [0, 0.1) is 18.7 Å². The fraction of sp³-hybridized carbons (Fsp3) is 0.100. The van der Waals surface area contributed by atoms with Crippen molar-refractivity contribution in [3.63, 3.8) is 0 Å². The minimum Gasteiger partial charge on any atom is -0.241 e. The second-order valence-electron chi connectivity index (χ2n) is 5.98. The Bertz CT molecular complexity index is 1110. The highest BCUT2D eigenvalue weighted by Crippen LogP contribution is 2.37. The maximum absolute atomic E-state index is 15.4. The maximum atomic E-state index is 15.4. The third-order valence-corrected chi connectivity index (χ3v) is 5.25. The van der Waals surface area contributed by atoms with Crippen molar-refractivity contribution >= 4 is 33.2 Å². The Labute approximate surface area is 158 Å². The molecule has 2 heterocycles. The van der Waals surface area contributed by atoms with Crippen molar-refractivity contribution in [2.24, 2.45) is 0 Å². The summed E-state index contributed by atoms with van der Waals surface area (Å²) < 4.78 is 29.4. The molecule has 6 heteroatoms. The minimum atomic E-state index is -0.553. The number of hydrogen-bond donors (Lipinski definition) is 0. The Morgan fingerprint density at radius 3 is 2.69 bits per heavy atom. The van der Waals surface area contributed by atoms with E-state index in [2.05, 4.69) is 9.97 Å². The summed E-state index contributed by atoms with van der Waals surface area (Å²) in [4.78, 5) is 8.16. The Morgan fingerprint density at radius 2 is 1.96 bits per heavy atom. The van der Waals surface area contributed by atoms with Gasteiger partial charge in [0.15, 0.2) is 0 Å². The quantitative estimate of drug-likeness (QED) is 0.392. The first-order valence-electron chi connectivity index (χ1n) is 7.96. The normalized spacial score (nSPS) is 11.2. The van der Waals surface area contributed by atoms with Gasteiger partial charge in [-0.3, -0.25) is 0 Å². The summed E-state index contributed by atoms with van der Waals surface area (Å²) in [5, 5.41) is 1.40. The van der Waals surface area contributed by atoms with Crippen LogP contribution in [0.3, 0.4) is 0 Å². The number of halogens is 3. The fourth-order valence-electron chi connectivity index (χ4n) is 2.97. The van der Waals surface area contributed by atoms with Crippen LogP contribution in [0.1, 0.15) is 16.1 Å². The zero-order valence-corrected chi connectivity index (χ0v) is 15.3. The van der Waals surface area contributed by atoms with Crippen LogP contribution >= 0.6 is 22.9 Å². The van der Waals surface area contributed by atoms with Gasteiger partial charge in [-0.1, -0.05) is 29.8 Å². The van der Waals surface area contributed by atoms with Gasteiger partial charge in [-0.15, -0.1) is 11.3 Å². The van der Waals surface area contributed by atoms with Crippen molar-refractivity contribution in [3.8, 4) is 11.1 Å². The van der Waals surface area contributed by atoms with E-state index in [4.69, 9.17) is 11.6 Å². The first kappa shape index (κ1) is 17.1.